The Balaban J connectivity index is 1.28. The molecule has 9 nitrogen and oxygen atoms in total. The number of nitrogens with zero attached hydrogens (tertiary/aromatic N) is 4. The van der Waals surface area contributed by atoms with E-state index in [0.29, 0.717) is 65.4 Å². The number of rotatable bonds is 8. The van der Waals surface area contributed by atoms with Crippen molar-refractivity contribution >= 4 is 44.7 Å². The molecule has 0 radical (unpaired) electrons. The number of aryl methyl sites for hydroxylation is 2. The van der Waals surface area contributed by atoms with E-state index in [1.165, 1.54) is 35.6 Å². The summed E-state index contributed by atoms with van der Waals surface area (Å²) in [5, 5.41) is 8.30. The molecule has 1 saturated heterocycles. The van der Waals surface area contributed by atoms with Crippen LogP contribution < -0.4 is 11.1 Å². The number of fused-ring (bicyclic) bond motifs is 4. The summed E-state index contributed by atoms with van der Waals surface area (Å²) in [5.74, 6) is -0.885. The second-order valence-corrected chi connectivity index (χ2v) is 13.0. The fourth-order valence-electron chi connectivity index (χ4n) is 6.53. The number of nitrogens with one attached hydrogen (secondary N) is 2. The van der Waals surface area contributed by atoms with Gasteiger partial charge in [-0.15, -0.1) is 11.3 Å². The molecule has 2 aliphatic rings. The van der Waals surface area contributed by atoms with Crippen molar-refractivity contribution in [1.29, 1.82) is 0 Å². The van der Waals surface area contributed by atoms with Crippen LogP contribution in [0.1, 0.15) is 51.8 Å². The second-order valence-electron chi connectivity index (χ2n) is 11.6. The third-order valence-corrected chi connectivity index (χ3v) is 10.2. The topological polar surface area (TPSA) is 117 Å². The minimum absolute atomic E-state index is 0.0538. The van der Waals surface area contributed by atoms with Crippen LogP contribution in [0.2, 0.25) is 5.02 Å². The van der Waals surface area contributed by atoms with Crippen molar-refractivity contribution in [2.24, 2.45) is 0 Å². The molecule has 1 amide bonds. The molecule has 2 N–H and O–H groups in total. The van der Waals surface area contributed by atoms with Crippen LogP contribution in [-0.2, 0) is 19.4 Å². The molecule has 1 atom stereocenters. The zero-order valence-corrected chi connectivity index (χ0v) is 26.2. The lowest BCUT2D eigenvalue weighted by atomic mass is 9.92. The molecular weight excluding hydrogens is 646 g/mol. The molecule has 6 heterocycles. The minimum atomic E-state index is -0.728. The van der Waals surface area contributed by atoms with E-state index in [2.05, 4.69) is 20.4 Å². The van der Waals surface area contributed by atoms with Crippen molar-refractivity contribution in [2.75, 3.05) is 11.9 Å². The summed E-state index contributed by atoms with van der Waals surface area (Å²) in [6, 6.07) is 14.7. The van der Waals surface area contributed by atoms with Crippen molar-refractivity contribution in [2.45, 2.75) is 38.3 Å². The molecule has 2 aromatic carbocycles. The number of aromatic nitrogens is 4. The van der Waals surface area contributed by atoms with Gasteiger partial charge in [-0.2, -0.15) is 0 Å². The molecule has 0 unspecified atom stereocenters. The molecule has 47 heavy (non-hydrogen) atoms. The van der Waals surface area contributed by atoms with Gasteiger partial charge in [-0.25, -0.2) is 18.6 Å². The molecule has 6 aromatic rings. The number of halogens is 3. The molecule has 236 valence electrons. The zero-order chi connectivity index (χ0) is 32.2. The van der Waals surface area contributed by atoms with Gasteiger partial charge >= 0.3 is 5.76 Å². The molecule has 0 bridgehead atoms. The summed E-state index contributed by atoms with van der Waals surface area (Å²) in [6.45, 7) is 0.947. The van der Waals surface area contributed by atoms with Crippen LogP contribution in [0.3, 0.4) is 0 Å². The highest BCUT2D eigenvalue weighted by Gasteiger charge is 2.44. The number of benzene rings is 2. The van der Waals surface area contributed by atoms with E-state index < -0.39 is 11.6 Å². The average Bonchev–Trinajstić information content (AvgIpc) is 3.87. The third kappa shape index (κ3) is 5.27. The largest absolute Gasteiger partial charge is 0.439 e. The Morgan fingerprint density at radius 3 is 2.64 bits per heavy atom. The van der Waals surface area contributed by atoms with Crippen LogP contribution in [-0.4, -0.2) is 37.5 Å². The molecule has 2 aliphatic heterocycles. The van der Waals surface area contributed by atoms with Crippen LogP contribution in [0.4, 0.5) is 14.6 Å². The number of thiophene rings is 1. The maximum Gasteiger partial charge on any atom is 0.439 e. The molecule has 0 spiro atoms. The van der Waals surface area contributed by atoms with Gasteiger partial charge in [0.25, 0.3) is 5.91 Å². The summed E-state index contributed by atoms with van der Waals surface area (Å²) in [5.41, 5.74) is 4.60. The smallest absolute Gasteiger partial charge is 0.365 e. The molecule has 8 rings (SSSR count). The fourth-order valence-corrected chi connectivity index (χ4v) is 7.83. The molecule has 0 aliphatic carbocycles. The number of pyridine rings is 2. The Morgan fingerprint density at radius 2 is 1.85 bits per heavy atom. The quantitative estimate of drug-likeness (QED) is 0.174. The first-order chi connectivity index (χ1) is 22.8. The van der Waals surface area contributed by atoms with Gasteiger partial charge in [0, 0.05) is 29.7 Å². The molecule has 0 saturated carbocycles. The van der Waals surface area contributed by atoms with Crippen molar-refractivity contribution in [3.05, 3.63) is 116 Å². The van der Waals surface area contributed by atoms with E-state index in [1.54, 1.807) is 24.4 Å². The van der Waals surface area contributed by atoms with Gasteiger partial charge in [0.05, 0.1) is 38.3 Å². The van der Waals surface area contributed by atoms with Crippen LogP contribution in [0.25, 0.3) is 31.9 Å². The van der Waals surface area contributed by atoms with E-state index in [0.717, 1.165) is 33.4 Å². The van der Waals surface area contributed by atoms with E-state index in [9.17, 15) is 18.4 Å². The third-order valence-electron chi connectivity index (χ3n) is 8.71. The van der Waals surface area contributed by atoms with Crippen molar-refractivity contribution < 1.29 is 18.1 Å². The number of hydrogen-bond donors (Lipinski definition) is 2. The van der Waals surface area contributed by atoms with E-state index >= 15 is 0 Å². The monoisotopic (exact) mass is 670 g/mol. The Morgan fingerprint density at radius 1 is 1.02 bits per heavy atom. The van der Waals surface area contributed by atoms with Gasteiger partial charge in [-0.05, 0) is 78.6 Å². The highest BCUT2D eigenvalue weighted by Crippen LogP contribution is 2.50. The maximum atomic E-state index is 14.1. The highest BCUT2D eigenvalue weighted by atomic mass is 35.5. The van der Waals surface area contributed by atoms with Gasteiger partial charge < -0.3 is 10.2 Å². The van der Waals surface area contributed by atoms with Gasteiger partial charge in [0.1, 0.15) is 17.5 Å². The summed E-state index contributed by atoms with van der Waals surface area (Å²) >= 11 is 7.31. The Kier molecular flexibility index (Phi) is 7.33. The molecule has 4 aromatic heterocycles. The summed E-state index contributed by atoms with van der Waals surface area (Å²) in [4.78, 5) is 41.3. The van der Waals surface area contributed by atoms with E-state index in [-0.39, 0.29) is 28.6 Å². The Bertz CT molecular complexity index is 2250. The number of carbonyl (C=O) groups is 1. The summed E-state index contributed by atoms with van der Waals surface area (Å²) in [6.07, 6.45) is 4.36. The number of carbonyl (C=O) groups excluding carboxylic acids is 1. The van der Waals surface area contributed by atoms with E-state index in [1.807, 2.05) is 17.0 Å². The number of hydrogen-bond acceptors (Lipinski definition) is 8. The van der Waals surface area contributed by atoms with Gasteiger partial charge in [0.2, 0.25) is 0 Å². The predicted molar refractivity (Wildman–Crippen MR) is 175 cm³/mol. The van der Waals surface area contributed by atoms with Gasteiger partial charge in [-0.1, -0.05) is 35.0 Å². The lowest BCUT2D eigenvalue weighted by Crippen LogP contribution is -2.22. The van der Waals surface area contributed by atoms with Crippen molar-refractivity contribution in [3.8, 4) is 21.8 Å². The van der Waals surface area contributed by atoms with Gasteiger partial charge in [0.15, 0.2) is 5.82 Å². The second kappa shape index (κ2) is 11.7. The summed E-state index contributed by atoms with van der Waals surface area (Å²) in [7, 11) is 0. The predicted octanol–water partition coefficient (Wildman–Crippen LogP) is 7.32. The first kappa shape index (κ1) is 29.5. The van der Waals surface area contributed by atoms with Crippen molar-refractivity contribution in [3.63, 3.8) is 0 Å². The standard InChI is InChI=1S/C34H25ClF2N6O3S/c35-21-9-5-18(14-22(21)37)16-39-32-30-19(11-12-38-32)15-25(47-30)27-26(31-41-34(45)46-42-31)23(10-6-17-3-7-20(36)8-4-17)40-29-24-2-1-13-43(24)33(44)28(27)29/h3-5,7-9,11-12,14-15,24H,1-2,6,10,13,16H2,(H,38,39)(H,41,42,45)/t24-/m1/s1. The van der Waals surface area contributed by atoms with Crippen LogP contribution >= 0.6 is 22.9 Å². The number of aromatic amines is 1. The normalized spacial score (nSPS) is 15.4. The molecule has 1 fully saturated rings. The number of anilines is 1. The molecular formula is C34H25ClF2N6O3S. The zero-order valence-electron chi connectivity index (χ0n) is 24.6. The van der Waals surface area contributed by atoms with E-state index in [4.69, 9.17) is 21.1 Å². The Labute approximate surface area is 275 Å². The highest BCUT2D eigenvalue weighted by molar-refractivity contribution is 7.23. The lowest BCUT2D eigenvalue weighted by molar-refractivity contribution is 0.0776. The Hall–Kier alpha value is -4.94. The lowest BCUT2D eigenvalue weighted by Gasteiger charge is -2.16. The fraction of sp³-hybridized carbons (Fsp3) is 0.206. The maximum absolute atomic E-state index is 14.1. The average molecular weight is 671 g/mol. The summed E-state index contributed by atoms with van der Waals surface area (Å²) < 4.78 is 33.5. The first-order valence-electron chi connectivity index (χ1n) is 15.1. The number of amides is 1. The number of H-pyrrole nitrogens is 1. The minimum Gasteiger partial charge on any atom is -0.365 e. The van der Waals surface area contributed by atoms with Gasteiger partial charge in [-0.3, -0.25) is 19.3 Å². The van der Waals surface area contributed by atoms with Crippen LogP contribution in [0.5, 0.6) is 0 Å². The molecule has 13 heteroatoms. The SMILES string of the molecule is O=C1c2c(nc(CCc3ccc(F)cc3)c(-c3noc(=O)[nH]3)c2-c2cc3ccnc(NCc4ccc(Cl)c(F)c4)c3s2)[C@H]2CCCN12. The van der Waals surface area contributed by atoms with Crippen LogP contribution in [0.15, 0.2) is 70.1 Å². The van der Waals surface area contributed by atoms with Crippen molar-refractivity contribution in [1.82, 2.24) is 25.0 Å². The first-order valence-corrected chi connectivity index (χ1v) is 16.3. The van der Waals surface area contributed by atoms with Crippen LogP contribution in [0, 0.1) is 11.6 Å².